The maximum Gasteiger partial charge on any atom is 0.337 e. The van der Waals surface area contributed by atoms with Gasteiger partial charge in [0.15, 0.2) is 0 Å². The molecule has 0 saturated carbocycles. The van der Waals surface area contributed by atoms with Crippen LogP contribution in [-0.4, -0.2) is 11.1 Å². The molecule has 3 nitrogen and oxygen atoms in total. The maximum absolute atomic E-state index is 12.7. The summed E-state index contributed by atoms with van der Waals surface area (Å²) < 4.78 is 0. The lowest BCUT2D eigenvalue weighted by Gasteiger charge is -2.29. The van der Waals surface area contributed by atoms with Crippen LogP contribution < -0.4 is 5.32 Å². The number of thiophene rings is 1. The third-order valence-electron chi connectivity index (χ3n) is 7.96. The Morgan fingerprint density at radius 3 is 2.41 bits per heavy atom. The number of carboxylic acid groups (broad SMARTS) is 1. The van der Waals surface area contributed by atoms with Gasteiger partial charge in [-0.1, -0.05) is 80.1 Å². The van der Waals surface area contributed by atoms with Crippen molar-refractivity contribution in [2.24, 2.45) is 5.41 Å². The van der Waals surface area contributed by atoms with E-state index in [0.717, 1.165) is 57.6 Å². The summed E-state index contributed by atoms with van der Waals surface area (Å²) in [6, 6.07) is 29.9. The van der Waals surface area contributed by atoms with Gasteiger partial charge in [0.05, 0.1) is 5.56 Å². The van der Waals surface area contributed by atoms with Crippen molar-refractivity contribution in [3.05, 3.63) is 112 Å². The Hall–Kier alpha value is -3.89. The Kier molecular flexibility index (Phi) is 6.52. The molecule has 0 unspecified atom stereocenters. The molecule has 6 rings (SSSR count). The summed E-state index contributed by atoms with van der Waals surface area (Å²) >= 11 is 1.68. The average Bonchev–Trinajstić information content (AvgIpc) is 3.30. The minimum Gasteiger partial charge on any atom is -0.478 e. The van der Waals surface area contributed by atoms with Crippen molar-refractivity contribution in [3.8, 4) is 21.6 Å². The third kappa shape index (κ3) is 5.09. The molecule has 0 radical (unpaired) electrons. The van der Waals surface area contributed by atoms with Crippen LogP contribution in [0.15, 0.2) is 84.9 Å². The number of fused-ring (bicyclic) bond motifs is 2. The van der Waals surface area contributed by atoms with Crippen molar-refractivity contribution < 1.29 is 9.90 Å². The van der Waals surface area contributed by atoms with Crippen LogP contribution in [0.2, 0.25) is 0 Å². The second-order valence-corrected chi connectivity index (χ2v) is 12.6. The summed E-state index contributed by atoms with van der Waals surface area (Å²) in [7, 11) is 0. The molecule has 0 spiro atoms. The van der Waals surface area contributed by atoms with E-state index in [1.165, 1.54) is 21.2 Å². The van der Waals surface area contributed by atoms with E-state index in [2.05, 4.69) is 111 Å². The highest BCUT2D eigenvalue weighted by molar-refractivity contribution is 7.16. The van der Waals surface area contributed by atoms with Gasteiger partial charge in [0.25, 0.3) is 0 Å². The van der Waals surface area contributed by atoms with Crippen molar-refractivity contribution in [3.63, 3.8) is 0 Å². The first-order valence-corrected chi connectivity index (χ1v) is 14.4. The Morgan fingerprint density at radius 2 is 1.64 bits per heavy atom. The van der Waals surface area contributed by atoms with Crippen molar-refractivity contribution in [1.82, 2.24) is 0 Å². The van der Waals surface area contributed by atoms with Crippen LogP contribution in [0.1, 0.15) is 52.2 Å². The molecule has 0 bridgehead atoms. The zero-order valence-corrected chi connectivity index (χ0v) is 23.5. The lowest BCUT2D eigenvalue weighted by Crippen LogP contribution is -2.22. The summed E-state index contributed by atoms with van der Waals surface area (Å²) in [6.07, 6.45) is 2.84. The lowest BCUT2D eigenvalue weighted by atomic mass is 9.76. The molecule has 0 fully saturated rings. The fourth-order valence-electron chi connectivity index (χ4n) is 5.71. The minimum absolute atomic E-state index is 0.116. The molecule has 39 heavy (non-hydrogen) atoms. The van der Waals surface area contributed by atoms with Gasteiger partial charge in [-0.05, 0) is 94.5 Å². The van der Waals surface area contributed by atoms with E-state index in [9.17, 15) is 9.90 Å². The largest absolute Gasteiger partial charge is 0.478 e. The first kappa shape index (κ1) is 25.4. The molecular formula is C35H33NO2S. The Balaban J connectivity index is 1.46. The molecular weight excluding hydrogens is 498 g/mol. The molecule has 0 aliphatic heterocycles. The van der Waals surface area contributed by atoms with Gasteiger partial charge in [0.2, 0.25) is 0 Å². The van der Waals surface area contributed by atoms with E-state index in [1.54, 1.807) is 11.3 Å². The molecule has 4 heteroatoms. The smallest absolute Gasteiger partial charge is 0.337 e. The third-order valence-corrected chi connectivity index (χ3v) is 9.28. The average molecular weight is 532 g/mol. The number of rotatable bonds is 6. The van der Waals surface area contributed by atoms with Crippen molar-refractivity contribution >= 4 is 33.8 Å². The molecule has 1 aliphatic carbocycles. The highest BCUT2D eigenvalue weighted by Crippen LogP contribution is 2.46. The monoisotopic (exact) mass is 531 g/mol. The van der Waals surface area contributed by atoms with Gasteiger partial charge >= 0.3 is 5.97 Å². The lowest BCUT2D eigenvalue weighted by molar-refractivity contribution is 0.0696. The summed E-state index contributed by atoms with van der Waals surface area (Å²) in [5.41, 5.74) is 8.31. The van der Waals surface area contributed by atoms with E-state index in [0.29, 0.717) is 12.1 Å². The first-order chi connectivity index (χ1) is 18.8. The van der Waals surface area contributed by atoms with E-state index in [1.807, 2.05) is 0 Å². The van der Waals surface area contributed by atoms with Crippen LogP contribution in [0.5, 0.6) is 0 Å². The zero-order chi connectivity index (χ0) is 27.1. The maximum atomic E-state index is 12.7. The van der Waals surface area contributed by atoms with E-state index < -0.39 is 5.97 Å². The highest BCUT2D eigenvalue weighted by atomic mass is 32.1. The SMILES string of the molecule is Cc1ccc(NCc2cc(-c3ccc4ccccc4c3)ccc2-c2sc3c(c2C(=O)O)CC(C)(C)CC3)cc1. The summed E-state index contributed by atoms with van der Waals surface area (Å²) in [5.74, 6) is -0.823. The molecule has 1 aliphatic rings. The summed E-state index contributed by atoms with van der Waals surface area (Å²) in [4.78, 5) is 14.8. The number of carboxylic acids is 1. The van der Waals surface area contributed by atoms with Crippen LogP contribution >= 0.6 is 11.3 Å². The Bertz CT molecular complexity index is 1690. The molecule has 0 saturated heterocycles. The predicted octanol–water partition coefficient (Wildman–Crippen LogP) is 9.37. The topological polar surface area (TPSA) is 49.3 Å². The van der Waals surface area contributed by atoms with Gasteiger partial charge in [-0.15, -0.1) is 11.3 Å². The number of benzene rings is 4. The molecule has 2 N–H and O–H groups in total. The van der Waals surface area contributed by atoms with Crippen molar-refractivity contribution in [2.45, 2.75) is 46.6 Å². The fraction of sp³-hybridized carbons (Fsp3) is 0.229. The van der Waals surface area contributed by atoms with E-state index in [4.69, 9.17) is 0 Å². The van der Waals surface area contributed by atoms with E-state index in [-0.39, 0.29) is 5.41 Å². The second-order valence-electron chi connectivity index (χ2n) is 11.5. The van der Waals surface area contributed by atoms with Gasteiger partial charge in [-0.3, -0.25) is 0 Å². The molecule has 0 atom stereocenters. The number of hydrogen-bond acceptors (Lipinski definition) is 3. The first-order valence-electron chi connectivity index (χ1n) is 13.6. The number of anilines is 1. The number of aryl methyl sites for hydroxylation is 2. The van der Waals surface area contributed by atoms with Crippen LogP contribution in [0.4, 0.5) is 5.69 Å². The van der Waals surface area contributed by atoms with Gasteiger partial charge < -0.3 is 10.4 Å². The quantitative estimate of drug-likeness (QED) is 0.229. The predicted molar refractivity (Wildman–Crippen MR) is 164 cm³/mol. The van der Waals surface area contributed by atoms with Crippen molar-refractivity contribution in [2.75, 3.05) is 5.32 Å². The molecule has 0 amide bonds. The van der Waals surface area contributed by atoms with Crippen molar-refractivity contribution in [1.29, 1.82) is 0 Å². The van der Waals surface area contributed by atoms with Gasteiger partial charge in [-0.2, -0.15) is 0 Å². The van der Waals surface area contributed by atoms with E-state index >= 15 is 0 Å². The molecule has 1 aromatic heterocycles. The second kappa shape index (κ2) is 10.0. The van der Waals surface area contributed by atoms with Gasteiger partial charge in [0.1, 0.15) is 0 Å². The summed E-state index contributed by atoms with van der Waals surface area (Å²) in [6.45, 7) is 7.18. The van der Waals surface area contributed by atoms with Crippen LogP contribution in [0.25, 0.3) is 32.3 Å². The van der Waals surface area contributed by atoms with Gasteiger partial charge in [0, 0.05) is 22.0 Å². The molecule has 5 aromatic rings. The van der Waals surface area contributed by atoms with Gasteiger partial charge in [-0.25, -0.2) is 4.79 Å². The van der Waals surface area contributed by atoms with Crippen LogP contribution in [0, 0.1) is 12.3 Å². The normalized spacial score (nSPS) is 14.2. The summed E-state index contributed by atoms with van der Waals surface area (Å²) in [5, 5.41) is 16.4. The highest BCUT2D eigenvalue weighted by Gasteiger charge is 2.33. The number of hydrogen-bond donors (Lipinski definition) is 2. The number of aromatic carboxylic acids is 1. The minimum atomic E-state index is -0.823. The Labute approximate surface area is 234 Å². The molecule has 196 valence electrons. The Morgan fingerprint density at radius 1 is 0.923 bits per heavy atom. The molecule has 1 heterocycles. The number of nitrogens with one attached hydrogen (secondary N) is 1. The number of carbonyl (C=O) groups is 1. The fourth-order valence-corrected chi connectivity index (χ4v) is 7.08. The standard InChI is InChI=1S/C35H33NO2S/c1-22-8-13-28(14-9-22)36-21-27-19-26(25-11-10-23-6-4-5-7-24(23)18-25)12-15-29(27)33-32(34(37)38)30-20-35(2,3)17-16-31(30)39-33/h4-15,18-19,36H,16-17,20-21H2,1-3H3,(H,37,38). The van der Waals surface area contributed by atoms with Crippen LogP contribution in [0.3, 0.4) is 0 Å². The zero-order valence-electron chi connectivity index (χ0n) is 22.7. The molecule has 4 aromatic carbocycles. The van der Waals surface area contributed by atoms with Crippen LogP contribution in [-0.2, 0) is 19.4 Å².